The summed E-state index contributed by atoms with van der Waals surface area (Å²) in [5.74, 6) is -0.939. The summed E-state index contributed by atoms with van der Waals surface area (Å²) in [6.07, 6.45) is 3.54. The molecule has 0 aliphatic heterocycles. The largest absolute Gasteiger partial charge is 0.348 e. The molecule has 138 valence electrons. The van der Waals surface area contributed by atoms with Crippen molar-refractivity contribution in [3.63, 3.8) is 0 Å². The monoisotopic (exact) mass is 375 g/mol. The maximum absolute atomic E-state index is 12.7. The molecule has 26 heavy (non-hydrogen) atoms. The first-order valence-electron chi connectivity index (χ1n) is 8.03. The Morgan fingerprint density at radius 1 is 1.12 bits per heavy atom. The number of H-pyrrole nitrogens is 1. The van der Waals surface area contributed by atoms with Gasteiger partial charge in [0.25, 0.3) is 0 Å². The van der Waals surface area contributed by atoms with Crippen LogP contribution in [0.3, 0.4) is 0 Å². The van der Waals surface area contributed by atoms with Crippen LogP contribution in [0, 0.1) is 0 Å². The maximum Gasteiger partial charge on any atom is 0.243 e. The first-order chi connectivity index (χ1) is 12.5. The number of nitrogens with zero attached hydrogens (tertiary/aromatic N) is 1. The molecule has 0 radical (unpaired) electrons. The summed E-state index contributed by atoms with van der Waals surface area (Å²) in [6, 6.07) is 7.53. The third-order valence-electron chi connectivity index (χ3n) is 3.71. The predicted molar refractivity (Wildman–Crippen MR) is 99.3 cm³/mol. The van der Waals surface area contributed by atoms with Crippen molar-refractivity contribution in [2.24, 2.45) is 5.73 Å². The van der Waals surface area contributed by atoms with Gasteiger partial charge in [-0.2, -0.15) is 0 Å². The van der Waals surface area contributed by atoms with Crippen LogP contribution in [0.2, 0.25) is 0 Å². The molecule has 0 aliphatic carbocycles. The number of carbonyl (C=O) groups excluding carboxylic acids is 3. The Labute approximate surface area is 156 Å². The number of carbonyl (C=O) groups is 3. The number of nitrogens with two attached hydrogens (primary N) is 1. The average molecular weight is 375 g/mol. The van der Waals surface area contributed by atoms with Crippen LogP contribution in [0.15, 0.2) is 42.9 Å². The molecular formula is C17H21N5O3S. The summed E-state index contributed by atoms with van der Waals surface area (Å²) < 4.78 is 0. The first kappa shape index (κ1) is 19.7. The van der Waals surface area contributed by atoms with Crippen molar-refractivity contribution in [3.05, 3.63) is 54.1 Å². The van der Waals surface area contributed by atoms with E-state index in [-0.39, 0.29) is 19.4 Å². The van der Waals surface area contributed by atoms with Crippen molar-refractivity contribution in [2.45, 2.75) is 24.9 Å². The van der Waals surface area contributed by atoms with Crippen LogP contribution in [-0.4, -0.2) is 45.5 Å². The van der Waals surface area contributed by atoms with E-state index >= 15 is 0 Å². The molecule has 0 saturated carbocycles. The number of aromatic nitrogens is 2. The lowest BCUT2D eigenvalue weighted by atomic mass is 10.0. The van der Waals surface area contributed by atoms with Gasteiger partial charge in [0, 0.05) is 24.7 Å². The van der Waals surface area contributed by atoms with E-state index in [1.54, 1.807) is 6.20 Å². The zero-order valence-electron chi connectivity index (χ0n) is 14.0. The minimum atomic E-state index is -0.856. The van der Waals surface area contributed by atoms with Crippen molar-refractivity contribution in [3.8, 4) is 0 Å². The van der Waals surface area contributed by atoms with Crippen molar-refractivity contribution in [2.75, 3.05) is 6.54 Å². The Morgan fingerprint density at radius 2 is 1.85 bits per heavy atom. The number of amides is 2. The van der Waals surface area contributed by atoms with Gasteiger partial charge in [0.1, 0.15) is 12.1 Å². The fraction of sp³-hybridized carbons (Fsp3) is 0.294. The highest BCUT2D eigenvalue weighted by molar-refractivity contribution is 7.96. The molecule has 1 heterocycles. The van der Waals surface area contributed by atoms with Crippen LogP contribution >= 0.6 is 12.6 Å². The highest BCUT2D eigenvalue weighted by Crippen LogP contribution is 2.06. The summed E-state index contributed by atoms with van der Waals surface area (Å²) >= 11 is 3.84. The van der Waals surface area contributed by atoms with Gasteiger partial charge in [-0.1, -0.05) is 30.3 Å². The number of hydrogen-bond acceptors (Lipinski definition) is 5. The SMILES string of the molecule is NCC(=O)N[C@@H](Cc1ccccc1)C(=O)N[C@@H](Cc1cnc[nH]1)C(=O)S. The number of aromatic amines is 1. The number of hydrogen-bond donors (Lipinski definition) is 5. The minimum absolute atomic E-state index is 0.219. The molecule has 2 rings (SSSR count). The number of rotatable bonds is 9. The number of thiol groups is 1. The molecule has 0 aliphatic rings. The molecule has 1 aromatic carbocycles. The molecule has 1 aromatic heterocycles. The van der Waals surface area contributed by atoms with E-state index < -0.39 is 29.0 Å². The third kappa shape index (κ3) is 6.01. The van der Waals surface area contributed by atoms with Crippen molar-refractivity contribution in [1.82, 2.24) is 20.6 Å². The van der Waals surface area contributed by atoms with Crippen LogP contribution < -0.4 is 16.4 Å². The van der Waals surface area contributed by atoms with E-state index in [0.29, 0.717) is 5.69 Å². The van der Waals surface area contributed by atoms with E-state index in [4.69, 9.17) is 5.73 Å². The summed E-state index contributed by atoms with van der Waals surface area (Å²) in [6.45, 7) is -0.234. The second-order valence-electron chi connectivity index (χ2n) is 5.69. The lowest BCUT2D eigenvalue weighted by Crippen LogP contribution is -2.53. The Kier molecular flexibility index (Phi) is 7.37. The number of nitrogens with one attached hydrogen (secondary N) is 3. The summed E-state index contributed by atoms with van der Waals surface area (Å²) in [5, 5.41) is 4.73. The van der Waals surface area contributed by atoms with Gasteiger partial charge < -0.3 is 21.4 Å². The lowest BCUT2D eigenvalue weighted by molar-refractivity contribution is -0.129. The minimum Gasteiger partial charge on any atom is -0.348 e. The van der Waals surface area contributed by atoms with Gasteiger partial charge in [-0.05, 0) is 5.56 Å². The zero-order valence-corrected chi connectivity index (χ0v) is 14.9. The third-order valence-corrected chi connectivity index (χ3v) is 4.02. The van der Waals surface area contributed by atoms with E-state index in [1.165, 1.54) is 6.33 Å². The standard InChI is InChI=1S/C17H21N5O3S/c18-8-15(23)21-13(6-11-4-2-1-3-5-11)16(24)22-14(17(25)26)7-12-9-19-10-20-12/h1-5,9-10,13-14H,6-8,18H2,(H,19,20)(H,21,23)(H,22,24)(H,25,26)/t13-,14-/m0/s1. The van der Waals surface area contributed by atoms with Crippen molar-refractivity contribution >= 4 is 29.6 Å². The van der Waals surface area contributed by atoms with Gasteiger partial charge in [-0.15, -0.1) is 12.6 Å². The molecule has 9 heteroatoms. The summed E-state index contributed by atoms with van der Waals surface area (Å²) in [7, 11) is 0. The molecular weight excluding hydrogens is 354 g/mol. The highest BCUT2D eigenvalue weighted by Gasteiger charge is 2.26. The Balaban J connectivity index is 2.09. The molecule has 0 spiro atoms. The average Bonchev–Trinajstić information content (AvgIpc) is 3.14. The predicted octanol–water partition coefficient (Wildman–Crippen LogP) is -0.420. The van der Waals surface area contributed by atoms with Gasteiger partial charge in [0.05, 0.1) is 12.9 Å². The van der Waals surface area contributed by atoms with Crippen LogP contribution in [0.25, 0.3) is 0 Å². The second kappa shape index (κ2) is 9.73. The van der Waals surface area contributed by atoms with Gasteiger partial charge in [-0.3, -0.25) is 14.4 Å². The van der Waals surface area contributed by atoms with E-state index in [9.17, 15) is 14.4 Å². The van der Waals surface area contributed by atoms with Gasteiger partial charge in [0.2, 0.25) is 16.9 Å². The van der Waals surface area contributed by atoms with Crippen LogP contribution in [0.1, 0.15) is 11.3 Å². The van der Waals surface area contributed by atoms with E-state index in [2.05, 4.69) is 33.2 Å². The number of imidazole rings is 1. The molecule has 0 fully saturated rings. The fourth-order valence-corrected chi connectivity index (χ4v) is 2.56. The maximum atomic E-state index is 12.7. The Hall–Kier alpha value is -2.65. The molecule has 2 aromatic rings. The molecule has 2 atom stereocenters. The molecule has 0 bridgehead atoms. The molecule has 5 N–H and O–H groups in total. The van der Waals surface area contributed by atoms with Crippen LogP contribution in [-0.2, 0) is 27.2 Å². The van der Waals surface area contributed by atoms with Gasteiger partial charge in [0.15, 0.2) is 0 Å². The van der Waals surface area contributed by atoms with Crippen molar-refractivity contribution in [1.29, 1.82) is 0 Å². The van der Waals surface area contributed by atoms with E-state index in [0.717, 1.165) is 5.56 Å². The van der Waals surface area contributed by atoms with Crippen LogP contribution in [0.5, 0.6) is 0 Å². The zero-order chi connectivity index (χ0) is 18.9. The lowest BCUT2D eigenvalue weighted by Gasteiger charge is -2.21. The Bertz CT molecular complexity index is 736. The summed E-state index contributed by atoms with van der Waals surface area (Å²) in [5.41, 5.74) is 6.88. The van der Waals surface area contributed by atoms with Crippen LogP contribution in [0.4, 0.5) is 0 Å². The normalized spacial score (nSPS) is 12.8. The molecule has 8 nitrogen and oxygen atoms in total. The Morgan fingerprint density at radius 3 is 2.42 bits per heavy atom. The molecule has 2 amide bonds. The molecule has 0 unspecified atom stereocenters. The summed E-state index contributed by atoms with van der Waals surface area (Å²) in [4.78, 5) is 42.9. The van der Waals surface area contributed by atoms with Gasteiger partial charge in [-0.25, -0.2) is 4.98 Å². The van der Waals surface area contributed by atoms with Crippen molar-refractivity contribution < 1.29 is 14.4 Å². The first-order valence-corrected chi connectivity index (χ1v) is 8.48. The van der Waals surface area contributed by atoms with E-state index in [1.807, 2.05) is 30.3 Å². The quantitative estimate of drug-likeness (QED) is 0.380. The second-order valence-corrected chi connectivity index (χ2v) is 6.14. The number of benzene rings is 1. The molecule has 0 saturated heterocycles. The highest BCUT2D eigenvalue weighted by atomic mass is 32.1. The van der Waals surface area contributed by atoms with Gasteiger partial charge >= 0.3 is 0 Å². The smallest absolute Gasteiger partial charge is 0.243 e. The fourth-order valence-electron chi connectivity index (χ4n) is 2.40. The topological polar surface area (TPSA) is 130 Å².